The van der Waals surface area contributed by atoms with Crippen LogP contribution in [0.3, 0.4) is 0 Å². The van der Waals surface area contributed by atoms with E-state index in [0.717, 1.165) is 35.4 Å². The van der Waals surface area contributed by atoms with Crippen molar-refractivity contribution in [1.82, 2.24) is 0 Å². The van der Waals surface area contributed by atoms with Crippen LogP contribution in [0.2, 0.25) is 0 Å². The van der Waals surface area contributed by atoms with Gasteiger partial charge in [0.25, 0.3) is 0 Å². The first-order valence-corrected chi connectivity index (χ1v) is 8.83. The molecule has 2 aromatic carbocycles. The van der Waals surface area contributed by atoms with E-state index in [1.165, 1.54) is 22.8 Å². The minimum absolute atomic E-state index is 0.278. The molecule has 0 saturated carbocycles. The van der Waals surface area contributed by atoms with Gasteiger partial charge in [0.1, 0.15) is 5.00 Å². The number of ether oxygens (including phenoxy) is 1. The van der Waals surface area contributed by atoms with Gasteiger partial charge in [-0.25, -0.2) is 9.79 Å². The normalized spacial score (nSPS) is 13.5. The number of carbonyl (C=O) groups excluding carboxylic acids is 1. The van der Waals surface area contributed by atoms with Crippen LogP contribution >= 0.6 is 11.3 Å². The summed E-state index contributed by atoms with van der Waals surface area (Å²) >= 11 is 1.62. The van der Waals surface area contributed by atoms with Crippen molar-refractivity contribution in [2.45, 2.75) is 19.3 Å². The quantitative estimate of drug-likeness (QED) is 0.503. The Morgan fingerprint density at radius 1 is 1.17 bits per heavy atom. The Morgan fingerprint density at radius 3 is 2.83 bits per heavy atom. The van der Waals surface area contributed by atoms with E-state index in [2.05, 4.69) is 29.3 Å². The third-order valence-electron chi connectivity index (χ3n) is 4.40. The fraction of sp³-hybridized carbons (Fsp3) is 0.200. The lowest BCUT2D eigenvalue weighted by molar-refractivity contribution is 0.0601. The molecule has 0 atom stereocenters. The topological polar surface area (TPSA) is 38.7 Å². The van der Waals surface area contributed by atoms with Gasteiger partial charge in [-0.15, -0.1) is 11.3 Å². The van der Waals surface area contributed by atoms with E-state index >= 15 is 0 Å². The molecular formula is C20H17NO2S. The number of hydrogen-bond acceptors (Lipinski definition) is 4. The number of rotatable bonds is 3. The molecule has 0 saturated heterocycles. The van der Waals surface area contributed by atoms with Gasteiger partial charge in [0.2, 0.25) is 0 Å². The molecular weight excluding hydrogens is 318 g/mol. The largest absolute Gasteiger partial charge is 0.465 e. The molecule has 0 amide bonds. The Labute approximate surface area is 144 Å². The molecule has 1 heterocycles. The number of aryl methyl sites for hydroxylation is 1. The van der Waals surface area contributed by atoms with Gasteiger partial charge in [-0.2, -0.15) is 0 Å². The van der Waals surface area contributed by atoms with Crippen molar-refractivity contribution in [1.29, 1.82) is 0 Å². The molecule has 0 spiro atoms. The Hall–Kier alpha value is -2.46. The van der Waals surface area contributed by atoms with E-state index in [4.69, 9.17) is 4.74 Å². The molecule has 1 aromatic heterocycles. The number of hydrogen-bond donors (Lipinski definition) is 0. The second-order valence-corrected chi connectivity index (χ2v) is 6.98. The average Bonchev–Trinajstić information content (AvgIpc) is 3.19. The molecule has 1 aliphatic carbocycles. The zero-order valence-electron chi connectivity index (χ0n) is 13.4. The smallest absolute Gasteiger partial charge is 0.341 e. The molecule has 0 N–H and O–H groups in total. The molecule has 0 aliphatic heterocycles. The van der Waals surface area contributed by atoms with Crippen molar-refractivity contribution in [3.05, 3.63) is 64.0 Å². The summed E-state index contributed by atoms with van der Waals surface area (Å²) in [4.78, 5) is 18.0. The van der Waals surface area contributed by atoms with Crippen molar-refractivity contribution in [2.75, 3.05) is 7.11 Å². The maximum Gasteiger partial charge on any atom is 0.341 e. The van der Waals surface area contributed by atoms with Crippen LogP contribution in [0.4, 0.5) is 5.00 Å². The number of benzene rings is 2. The summed E-state index contributed by atoms with van der Waals surface area (Å²) in [5.74, 6) is -0.278. The fourth-order valence-electron chi connectivity index (χ4n) is 3.21. The van der Waals surface area contributed by atoms with Crippen LogP contribution in [0, 0.1) is 0 Å². The van der Waals surface area contributed by atoms with Crippen molar-refractivity contribution in [3.63, 3.8) is 0 Å². The average molecular weight is 335 g/mol. The highest BCUT2D eigenvalue weighted by Gasteiger charge is 2.26. The van der Waals surface area contributed by atoms with Crippen LogP contribution < -0.4 is 0 Å². The van der Waals surface area contributed by atoms with Gasteiger partial charge in [0.15, 0.2) is 0 Å². The standard InChI is InChI=1S/C20H17NO2S/c1-23-20(22)18-16-7-4-8-17(16)24-19(18)21-12-13-9-10-14-5-2-3-6-15(14)11-13/h2-3,5-6,9-12H,4,7-8H2,1H3. The first kappa shape index (κ1) is 15.1. The predicted octanol–water partition coefficient (Wildman–Crippen LogP) is 4.93. The summed E-state index contributed by atoms with van der Waals surface area (Å²) in [6.07, 6.45) is 4.93. The summed E-state index contributed by atoms with van der Waals surface area (Å²) in [5.41, 5.74) is 2.82. The number of thiophene rings is 1. The second-order valence-electron chi connectivity index (χ2n) is 5.89. The first-order valence-electron chi connectivity index (χ1n) is 8.02. The van der Waals surface area contributed by atoms with E-state index in [0.29, 0.717) is 5.56 Å². The van der Waals surface area contributed by atoms with Gasteiger partial charge >= 0.3 is 5.97 Å². The van der Waals surface area contributed by atoms with Gasteiger partial charge in [-0.05, 0) is 47.2 Å². The van der Waals surface area contributed by atoms with Crippen LogP contribution in [-0.2, 0) is 17.6 Å². The Bertz CT molecular complexity index is 955. The van der Waals surface area contributed by atoms with Crippen LogP contribution in [0.1, 0.15) is 32.8 Å². The van der Waals surface area contributed by atoms with Crippen molar-refractivity contribution >= 4 is 39.3 Å². The molecule has 0 radical (unpaired) electrons. The first-order chi connectivity index (χ1) is 11.8. The molecule has 0 fully saturated rings. The minimum Gasteiger partial charge on any atom is -0.465 e. The van der Waals surface area contributed by atoms with Gasteiger partial charge < -0.3 is 4.74 Å². The maximum absolute atomic E-state index is 12.2. The highest BCUT2D eigenvalue weighted by atomic mass is 32.1. The number of carbonyl (C=O) groups is 1. The van der Waals surface area contributed by atoms with Crippen molar-refractivity contribution in [3.8, 4) is 0 Å². The molecule has 24 heavy (non-hydrogen) atoms. The maximum atomic E-state index is 12.2. The summed E-state index contributed by atoms with van der Waals surface area (Å²) in [5, 5.41) is 3.16. The van der Waals surface area contributed by atoms with E-state index < -0.39 is 0 Å². The second kappa shape index (κ2) is 6.21. The minimum atomic E-state index is -0.278. The highest BCUT2D eigenvalue weighted by molar-refractivity contribution is 7.16. The Morgan fingerprint density at radius 2 is 2.00 bits per heavy atom. The monoisotopic (exact) mass is 335 g/mol. The zero-order valence-corrected chi connectivity index (χ0v) is 14.2. The summed E-state index contributed by atoms with van der Waals surface area (Å²) in [7, 11) is 1.43. The van der Waals surface area contributed by atoms with E-state index in [1.54, 1.807) is 11.3 Å². The number of methoxy groups -OCH3 is 1. The Kier molecular flexibility index (Phi) is 3.90. The molecule has 3 nitrogen and oxygen atoms in total. The molecule has 3 aromatic rings. The van der Waals surface area contributed by atoms with E-state index in [9.17, 15) is 4.79 Å². The van der Waals surface area contributed by atoms with Gasteiger partial charge in [0.05, 0.1) is 12.7 Å². The fourth-order valence-corrected chi connectivity index (χ4v) is 4.44. The lowest BCUT2D eigenvalue weighted by Crippen LogP contribution is -2.02. The van der Waals surface area contributed by atoms with Gasteiger partial charge in [-0.3, -0.25) is 0 Å². The van der Waals surface area contributed by atoms with Crippen LogP contribution in [0.15, 0.2) is 47.5 Å². The third-order valence-corrected chi connectivity index (χ3v) is 5.60. The Balaban J connectivity index is 1.71. The van der Waals surface area contributed by atoms with Crippen LogP contribution in [0.5, 0.6) is 0 Å². The van der Waals surface area contributed by atoms with Gasteiger partial charge in [0, 0.05) is 11.1 Å². The molecule has 0 unspecified atom stereocenters. The molecule has 120 valence electrons. The number of aliphatic imine (C=N–C) groups is 1. The molecule has 4 heteroatoms. The SMILES string of the molecule is COC(=O)c1c(N=Cc2ccc3ccccc3c2)sc2c1CCC2. The number of nitrogens with zero attached hydrogens (tertiary/aromatic N) is 1. The van der Waals surface area contributed by atoms with E-state index in [-0.39, 0.29) is 5.97 Å². The number of esters is 1. The third kappa shape index (κ3) is 2.63. The summed E-state index contributed by atoms with van der Waals surface area (Å²) < 4.78 is 4.96. The zero-order chi connectivity index (χ0) is 16.5. The van der Waals surface area contributed by atoms with E-state index in [1.807, 2.05) is 24.4 Å². The number of fused-ring (bicyclic) bond motifs is 2. The molecule has 4 rings (SSSR count). The van der Waals surface area contributed by atoms with Crippen molar-refractivity contribution < 1.29 is 9.53 Å². The van der Waals surface area contributed by atoms with Gasteiger partial charge in [-0.1, -0.05) is 36.4 Å². The summed E-state index contributed by atoms with van der Waals surface area (Å²) in [6.45, 7) is 0. The van der Waals surface area contributed by atoms with Crippen LogP contribution in [0.25, 0.3) is 10.8 Å². The highest BCUT2D eigenvalue weighted by Crippen LogP contribution is 2.41. The lowest BCUT2D eigenvalue weighted by atomic mass is 10.1. The summed E-state index contributed by atoms with van der Waals surface area (Å²) in [6, 6.07) is 14.5. The predicted molar refractivity (Wildman–Crippen MR) is 98.9 cm³/mol. The lowest BCUT2D eigenvalue weighted by Gasteiger charge is -2.01. The molecule has 0 bridgehead atoms. The van der Waals surface area contributed by atoms with Crippen molar-refractivity contribution in [2.24, 2.45) is 4.99 Å². The van der Waals surface area contributed by atoms with Crippen LogP contribution in [-0.4, -0.2) is 19.3 Å². The molecule has 1 aliphatic rings.